The van der Waals surface area contributed by atoms with Crippen molar-refractivity contribution in [3.63, 3.8) is 0 Å². The summed E-state index contributed by atoms with van der Waals surface area (Å²) in [7, 11) is 0. The Balaban J connectivity index is 2.04. The van der Waals surface area contributed by atoms with Gasteiger partial charge in [0.05, 0.1) is 0 Å². The number of rotatable bonds is 2. The van der Waals surface area contributed by atoms with Crippen molar-refractivity contribution in [3.8, 4) is 0 Å². The zero-order valence-corrected chi connectivity index (χ0v) is 9.31. The van der Waals surface area contributed by atoms with E-state index >= 15 is 0 Å². The molecule has 0 radical (unpaired) electrons. The molecule has 0 spiro atoms. The predicted octanol–water partition coefficient (Wildman–Crippen LogP) is 0.900. The van der Waals surface area contributed by atoms with Gasteiger partial charge in [-0.25, -0.2) is 4.98 Å². The second-order valence-corrected chi connectivity index (χ2v) is 4.17. The van der Waals surface area contributed by atoms with Crippen molar-refractivity contribution < 1.29 is 0 Å². The van der Waals surface area contributed by atoms with Gasteiger partial charge in [0, 0.05) is 37.6 Å². The van der Waals surface area contributed by atoms with Gasteiger partial charge in [-0.3, -0.25) is 0 Å². The summed E-state index contributed by atoms with van der Waals surface area (Å²) >= 11 is 1.53. The molecule has 2 rings (SSSR count). The molecule has 1 aromatic heterocycles. The van der Waals surface area contributed by atoms with E-state index in [4.69, 9.17) is 0 Å². The van der Waals surface area contributed by atoms with Gasteiger partial charge in [0.1, 0.15) is 5.82 Å². The van der Waals surface area contributed by atoms with E-state index in [1.807, 2.05) is 0 Å². The van der Waals surface area contributed by atoms with Crippen LogP contribution in [0.25, 0.3) is 0 Å². The van der Waals surface area contributed by atoms with Crippen LogP contribution in [0.3, 0.4) is 0 Å². The summed E-state index contributed by atoms with van der Waals surface area (Å²) in [4.78, 5) is 6.83. The number of hydrogen-bond acceptors (Lipinski definition) is 5. The first-order valence-electron chi connectivity index (χ1n) is 5.18. The lowest BCUT2D eigenvalue weighted by atomic mass is 10.4. The Morgan fingerprint density at radius 2 is 2.36 bits per heavy atom. The molecule has 14 heavy (non-hydrogen) atoms. The van der Waals surface area contributed by atoms with Crippen LogP contribution in [0.15, 0.2) is 0 Å². The highest BCUT2D eigenvalue weighted by Gasteiger charge is 2.13. The highest BCUT2D eigenvalue weighted by atomic mass is 32.1. The monoisotopic (exact) mass is 212 g/mol. The Labute approximate surface area is 88.5 Å². The summed E-state index contributed by atoms with van der Waals surface area (Å²) in [6.07, 6.45) is 2.13. The van der Waals surface area contributed by atoms with Crippen molar-refractivity contribution in [1.29, 1.82) is 0 Å². The third-order valence-electron chi connectivity index (χ3n) is 2.38. The zero-order chi connectivity index (χ0) is 9.80. The molecule has 1 N–H and O–H groups in total. The highest BCUT2D eigenvalue weighted by molar-refractivity contribution is 7.09. The summed E-state index contributed by atoms with van der Waals surface area (Å²) in [5.41, 5.74) is 0. The van der Waals surface area contributed by atoms with Crippen molar-refractivity contribution >= 4 is 16.7 Å². The minimum atomic E-state index is 0.933. The lowest BCUT2D eigenvalue weighted by Crippen LogP contribution is -2.27. The van der Waals surface area contributed by atoms with Crippen molar-refractivity contribution in [2.24, 2.45) is 0 Å². The van der Waals surface area contributed by atoms with Crippen LogP contribution < -0.4 is 10.2 Å². The van der Waals surface area contributed by atoms with Gasteiger partial charge in [0.2, 0.25) is 5.13 Å². The van der Waals surface area contributed by atoms with Gasteiger partial charge < -0.3 is 10.2 Å². The summed E-state index contributed by atoms with van der Waals surface area (Å²) in [5, 5.41) is 4.47. The van der Waals surface area contributed by atoms with Crippen LogP contribution in [0, 0.1) is 0 Å². The maximum Gasteiger partial charge on any atom is 0.205 e. The molecule has 5 heteroatoms. The number of aryl methyl sites for hydroxylation is 1. The minimum absolute atomic E-state index is 0.933. The molecule has 1 fully saturated rings. The maximum atomic E-state index is 4.50. The highest BCUT2D eigenvalue weighted by Crippen LogP contribution is 2.17. The van der Waals surface area contributed by atoms with Gasteiger partial charge in [0.25, 0.3) is 0 Å². The lowest BCUT2D eigenvalue weighted by molar-refractivity contribution is 0.724. The second-order valence-electron chi connectivity index (χ2n) is 3.44. The topological polar surface area (TPSA) is 41.1 Å². The van der Waals surface area contributed by atoms with Gasteiger partial charge in [-0.2, -0.15) is 4.37 Å². The molecular formula is C9H16N4S. The van der Waals surface area contributed by atoms with E-state index in [1.54, 1.807) is 0 Å². The molecule has 2 heterocycles. The molecule has 0 atom stereocenters. The van der Waals surface area contributed by atoms with Crippen molar-refractivity contribution in [2.75, 3.05) is 31.1 Å². The van der Waals surface area contributed by atoms with Gasteiger partial charge in [-0.05, 0) is 13.0 Å². The Morgan fingerprint density at radius 1 is 1.43 bits per heavy atom. The summed E-state index contributed by atoms with van der Waals surface area (Å²) in [6, 6.07) is 0. The fourth-order valence-corrected chi connectivity index (χ4v) is 2.36. The molecule has 0 amide bonds. The van der Waals surface area contributed by atoms with Gasteiger partial charge in [-0.15, -0.1) is 0 Å². The Bertz CT molecular complexity index is 278. The molecule has 4 nitrogen and oxygen atoms in total. The van der Waals surface area contributed by atoms with Crippen molar-refractivity contribution in [2.45, 2.75) is 19.8 Å². The summed E-state index contributed by atoms with van der Waals surface area (Å²) in [6.45, 7) is 6.43. The van der Waals surface area contributed by atoms with Crippen LogP contribution in [-0.2, 0) is 6.42 Å². The first-order valence-corrected chi connectivity index (χ1v) is 5.95. The van der Waals surface area contributed by atoms with Crippen molar-refractivity contribution in [3.05, 3.63) is 5.82 Å². The molecule has 0 bridgehead atoms. The SMILES string of the molecule is CCc1nsc(N2CCCNCC2)n1. The molecule has 0 unspecified atom stereocenters. The molecule has 1 saturated heterocycles. The largest absolute Gasteiger partial charge is 0.346 e. The third kappa shape index (κ3) is 2.22. The smallest absolute Gasteiger partial charge is 0.205 e. The minimum Gasteiger partial charge on any atom is -0.346 e. The summed E-state index contributed by atoms with van der Waals surface area (Å²) in [5.74, 6) is 0.974. The number of nitrogens with zero attached hydrogens (tertiary/aromatic N) is 3. The normalized spacial score (nSPS) is 18.2. The first-order chi connectivity index (χ1) is 6.90. The third-order valence-corrected chi connectivity index (χ3v) is 3.20. The maximum absolute atomic E-state index is 4.50. The van der Waals surface area contributed by atoms with Crippen LogP contribution in [0.2, 0.25) is 0 Å². The molecule has 0 aliphatic carbocycles. The average molecular weight is 212 g/mol. The van der Waals surface area contributed by atoms with Gasteiger partial charge >= 0.3 is 0 Å². The lowest BCUT2D eigenvalue weighted by Gasteiger charge is -2.17. The molecule has 1 aromatic rings. The Morgan fingerprint density at radius 3 is 3.14 bits per heavy atom. The van der Waals surface area contributed by atoms with Crippen LogP contribution in [0.1, 0.15) is 19.2 Å². The fourth-order valence-electron chi connectivity index (χ4n) is 1.55. The van der Waals surface area contributed by atoms with E-state index in [9.17, 15) is 0 Å². The van der Waals surface area contributed by atoms with E-state index < -0.39 is 0 Å². The fraction of sp³-hybridized carbons (Fsp3) is 0.778. The number of aromatic nitrogens is 2. The number of hydrogen-bond donors (Lipinski definition) is 1. The molecular weight excluding hydrogens is 196 g/mol. The molecule has 1 aliphatic rings. The van der Waals surface area contributed by atoms with E-state index in [0.29, 0.717) is 0 Å². The zero-order valence-electron chi connectivity index (χ0n) is 8.49. The van der Waals surface area contributed by atoms with Crippen LogP contribution in [0.4, 0.5) is 5.13 Å². The van der Waals surface area contributed by atoms with Crippen LogP contribution in [0.5, 0.6) is 0 Å². The van der Waals surface area contributed by atoms with E-state index in [2.05, 4.69) is 26.5 Å². The van der Waals surface area contributed by atoms with E-state index in [0.717, 1.165) is 43.6 Å². The molecule has 0 aromatic carbocycles. The standard InChI is InChI=1S/C9H16N4S/c1-2-8-11-9(14-12-8)13-6-3-4-10-5-7-13/h10H,2-7H2,1H3. The number of anilines is 1. The first kappa shape index (κ1) is 9.86. The molecule has 0 saturated carbocycles. The predicted molar refractivity (Wildman–Crippen MR) is 59.0 cm³/mol. The second kappa shape index (κ2) is 4.70. The van der Waals surface area contributed by atoms with E-state index in [-0.39, 0.29) is 0 Å². The molecule has 78 valence electrons. The van der Waals surface area contributed by atoms with Crippen LogP contribution in [-0.4, -0.2) is 35.5 Å². The van der Waals surface area contributed by atoms with Gasteiger partial charge in [0.15, 0.2) is 0 Å². The van der Waals surface area contributed by atoms with E-state index in [1.165, 1.54) is 18.0 Å². The Hall–Kier alpha value is -0.680. The molecule has 1 aliphatic heterocycles. The van der Waals surface area contributed by atoms with Crippen molar-refractivity contribution in [1.82, 2.24) is 14.7 Å². The average Bonchev–Trinajstić information content (AvgIpc) is 2.53. The quantitative estimate of drug-likeness (QED) is 0.791. The summed E-state index contributed by atoms with van der Waals surface area (Å²) < 4.78 is 4.31. The van der Waals surface area contributed by atoms with Gasteiger partial charge in [-0.1, -0.05) is 6.92 Å². The Kier molecular flexibility index (Phi) is 3.31. The number of nitrogens with one attached hydrogen (secondary N) is 1. The van der Waals surface area contributed by atoms with Crippen LogP contribution >= 0.6 is 11.5 Å².